The molecule has 94 valence electrons. The minimum Gasteiger partial charge on any atom is -0.480 e. The molecule has 2 atom stereocenters. The Bertz CT molecular complexity index is 238. The number of aliphatic carboxylic acids is 1. The van der Waals surface area contributed by atoms with Crippen molar-refractivity contribution in [2.45, 2.75) is 53.0 Å². The predicted octanol–water partition coefficient (Wildman–Crippen LogP) is 2.04. The van der Waals surface area contributed by atoms with Crippen LogP contribution in [0.1, 0.15) is 47.0 Å². The van der Waals surface area contributed by atoms with Crippen LogP contribution < -0.4 is 5.32 Å². The van der Waals surface area contributed by atoms with Gasteiger partial charge in [0.25, 0.3) is 0 Å². The molecule has 0 aromatic heterocycles. The maximum Gasteiger partial charge on any atom is 0.326 e. The van der Waals surface area contributed by atoms with Crippen molar-refractivity contribution >= 4 is 11.9 Å². The summed E-state index contributed by atoms with van der Waals surface area (Å²) in [5, 5.41) is 11.5. The molecule has 0 aromatic rings. The Hall–Kier alpha value is -1.06. The quantitative estimate of drug-likeness (QED) is 0.702. The summed E-state index contributed by atoms with van der Waals surface area (Å²) in [5.74, 6) is -1.04. The molecule has 16 heavy (non-hydrogen) atoms. The van der Waals surface area contributed by atoms with Gasteiger partial charge in [-0.1, -0.05) is 40.5 Å². The lowest BCUT2D eigenvalue weighted by molar-refractivity contribution is -0.142. The number of hydrogen-bond acceptors (Lipinski definition) is 2. The third-order valence-corrected chi connectivity index (χ3v) is 2.87. The van der Waals surface area contributed by atoms with Gasteiger partial charge in [-0.05, 0) is 12.3 Å². The normalized spacial score (nSPS) is 14.6. The maximum atomic E-state index is 11.7. The van der Waals surface area contributed by atoms with E-state index in [1.807, 2.05) is 27.7 Å². The van der Waals surface area contributed by atoms with Gasteiger partial charge in [0.2, 0.25) is 5.91 Å². The van der Waals surface area contributed by atoms with Gasteiger partial charge >= 0.3 is 5.97 Å². The summed E-state index contributed by atoms with van der Waals surface area (Å²) < 4.78 is 0. The molecule has 2 unspecified atom stereocenters. The van der Waals surface area contributed by atoms with E-state index in [9.17, 15) is 9.59 Å². The van der Waals surface area contributed by atoms with Gasteiger partial charge in [-0.3, -0.25) is 4.79 Å². The lowest BCUT2D eigenvalue weighted by atomic mass is 9.96. The van der Waals surface area contributed by atoms with Crippen LogP contribution in [0, 0.1) is 11.8 Å². The molecule has 0 bridgehead atoms. The molecule has 0 fully saturated rings. The van der Waals surface area contributed by atoms with Crippen LogP contribution in [0.5, 0.6) is 0 Å². The minimum atomic E-state index is -0.947. The number of carboxylic acids is 1. The van der Waals surface area contributed by atoms with Crippen LogP contribution in [-0.2, 0) is 9.59 Å². The molecule has 0 spiro atoms. The average molecular weight is 229 g/mol. The molecule has 4 nitrogen and oxygen atoms in total. The zero-order valence-electron chi connectivity index (χ0n) is 10.6. The van der Waals surface area contributed by atoms with Crippen LogP contribution in [0.4, 0.5) is 0 Å². The molecule has 2 N–H and O–H groups in total. The van der Waals surface area contributed by atoms with Gasteiger partial charge in [-0.25, -0.2) is 4.79 Å². The highest BCUT2D eigenvalue weighted by Crippen LogP contribution is 2.10. The van der Waals surface area contributed by atoms with E-state index in [-0.39, 0.29) is 17.7 Å². The molecular weight excluding hydrogens is 206 g/mol. The predicted molar refractivity (Wildman–Crippen MR) is 63.1 cm³/mol. The first-order valence-electron chi connectivity index (χ1n) is 5.93. The monoisotopic (exact) mass is 229 g/mol. The summed E-state index contributed by atoms with van der Waals surface area (Å²) in [4.78, 5) is 22.6. The third-order valence-electron chi connectivity index (χ3n) is 2.87. The van der Waals surface area contributed by atoms with Gasteiger partial charge in [0.1, 0.15) is 6.04 Å². The number of carboxylic acid groups (broad SMARTS) is 1. The molecule has 0 aliphatic carbocycles. The van der Waals surface area contributed by atoms with Crippen molar-refractivity contribution in [3.05, 3.63) is 0 Å². The van der Waals surface area contributed by atoms with E-state index in [0.29, 0.717) is 6.42 Å². The molecule has 0 saturated heterocycles. The van der Waals surface area contributed by atoms with Crippen LogP contribution >= 0.6 is 0 Å². The highest BCUT2D eigenvalue weighted by molar-refractivity contribution is 5.84. The van der Waals surface area contributed by atoms with Crippen molar-refractivity contribution in [3.63, 3.8) is 0 Å². The van der Waals surface area contributed by atoms with Crippen molar-refractivity contribution in [1.29, 1.82) is 0 Å². The molecule has 0 saturated carbocycles. The summed E-state index contributed by atoms with van der Waals surface area (Å²) in [7, 11) is 0. The van der Waals surface area contributed by atoms with Crippen molar-refractivity contribution in [1.82, 2.24) is 5.32 Å². The smallest absolute Gasteiger partial charge is 0.326 e. The van der Waals surface area contributed by atoms with E-state index in [1.54, 1.807) is 0 Å². The molecule has 4 heteroatoms. The van der Waals surface area contributed by atoms with Gasteiger partial charge in [0.15, 0.2) is 0 Å². The number of unbranched alkanes of at least 4 members (excludes halogenated alkanes) is 1. The van der Waals surface area contributed by atoms with Crippen LogP contribution in [-0.4, -0.2) is 23.0 Å². The highest BCUT2D eigenvalue weighted by Gasteiger charge is 2.23. The largest absolute Gasteiger partial charge is 0.480 e. The average Bonchev–Trinajstić information content (AvgIpc) is 2.21. The molecule has 0 aromatic carbocycles. The van der Waals surface area contributed by atoms with E-state index in [4.69, 9.17) is 5.11 Å². The second-order valence-electron chi connectivity index (χ2n) is 4.57. The standard InChI is InChI=1S/C12H23NO3/c1-5-6-7-10(12(15)16)13-11(14)9(4)8(2)3/h8-10H,5-7H2,1-4H3,(H,13,14)(H,15,16). The summed E-state index contributed by atoms with van der Waals surface area (Å²) in [5.41, 5.74) is 0. The van der Waals surface area contributed by atoms with E-state index >= 15 is 0 Å². The Balaban J connectivity index is 4.28. The van der Waals surface area contributed by atoms with Crippen molar-refractivity contribution in [2.24, 2.45) is 11.8 Å². The van der Waals surface area contributed by atoms with Gasteiger partial charge in [0, 0.05) is 5.92 Å². The second kappa shape index (κ2) is 7.25. The summed E-state index contributed by atoms with van der Waals surface area (Å²) >= 11 is 0. The number of carbonyl (C=O) groups is 2. The van der Waals surface area contributed by atoms with E-state index < -0.39 is 12.0 Å². The minimum absolute atomic E-state index is 0.150. The van der Waals surface area contributed by atoms with Gasteiger partial charge in [-0.2, -0.15) is 0 Å². The first-order valence-corrected chi connectivity index (χ1v) is 5.93. The fourth-order valence-electron chi connectivity index (χ4n) is 1.27. The highest BCUT2D eigenvalue weighted by atomic mass is 16.4. The second-order valence-corrected chi connectivity index (χ2v) is 4.57. The molecular formula is C12H23NO3. The topological polar surface area (TPSA) is 66.4 Å². The van der Waals surface area contributed by atoms with Crippen molar-refractivity contribution in [2.75, 3.05) is 0 Å². The zero-order valence-corrected chi connectivity index (χ0v) is 10.6. The van der Waals surface area contributed by atoms with Crippen molar-refractivity contribution in [3.8, 4) is 0 Å². The van der Waals surface area contributed by atoms with E-state index in [1.165, 1.54) is 0 Å². The van der Waals surface area contributed by atoms with Crippen LogP contribution in [0.25, 0.3) is 0 Å². The van der Waals surface area contributed by atoms with Gasteiger partial charge in [-0.15, -0.1) is 0 Å². The molecule has 0 rings (SSSR count). The number of nitrogens with one attached hydrogen (secondary N) is 1. The molecule has 0 radical (unpaired) electrons. The SMILES string of the molecule is CCCCC(NC(=O)C(C)C(C)C)C(=O)O. The number of amides is 1. The Morgan fingerprint density at radius 1 is 1.25 bits per heavy atom. The lowest BCUT2D eigenvalue weighted by Crippen LogP contribution is -2.44. The van der Waals surface area contributed by atoms with Crippen LogP contribution in [0.15, 0.2) is 0 Å². The van der Waals surface area contributed by atoms with E-state index in [0.717, 1.165) is 12.8 Å². The number of hydrogen-bond donors (Lipinski definition) is 2. The molecule has 0 aliphatic rings. The van der Waals surface area contributed by atoms with Crippen LogP contribution in [0.3, 0.4) is 0 Å². The lowest BCUT2D eigenvalue weighted by Gasteiger charge is -2.19. The van der Waals surface area contributed by atoms with Crippen molar-refractivity contribution < 1.29 is 14.7 Å². The first-order chi connectivity index (χ1) is 7.40. The fraction of sp³-hybridized carbons (Fsp3) is 0.833. The van der Waals surface area contributed by atoms with Crippen LogP contribution in [0.2, 0.25) is 0 Å². The Labute approximate surface area is 97.4 Å². The Morgan fingerprint density at radius 3 is 2.19 bits per heavy atom. The molecule has 0 aliphatic heterocycles. The molecule has 0 heterocycles. The first kappa shape index (κ1) is 14.9. The third kappa shape index (κ3) is 5.14. The number of rotatable bonds is 7. The maximum absolute atomic E-state index is 11.7. The summed E-state index contributed by atoms with van der Waals surface area (Å²) in [6.07, 6.45) is 2.25. The zero-order chi connectivity index (χ0) is 12.7. The number of carbonyl (C=O) groups excluding carboxylic acids is 1. The summed E-state index contributed by atoms with van der Waals surface area (Å²) in [6.45, 7) is 7.72. The van der Waals surface area contributed by atoms with Gasteiger partial charge < -0.3 is 10.4 Å². The Kier molecular flexibility index (Phi) is 6.77. The fourth-order valence-corrected chi connectivity index (χ4v) is 1.27. The van der Waals surface area contributed by atoms with Gasteiger partial charge in [0.05, 0.1) is 0 Å². The molecule has 1 amide bonds. The Morgan fingerprint density at radius 2 is 1.81 bits per heavy atom. The van der Waals surface area contributed by atoms with E-state index in [2.05, 4.69) is 5.32 Å². The summed E-state index contributed by atoms with van der Waals surface area (Å²) in [6, 6.07) is -0.742.